The first-order chi connectivity index (χ1) is 18.0. The lowest BCUT2D eigenvalue weighted by molar-refractivity contribution is -0.271. The van der Waals surface area contributed by atoms with Gasteiger partial charge in [-0.15, -0.1) is 0 Å². The Kier molecular flexibility index (Phi) is 6.80. The third kappa shape index (κ3) is 3.73. The van der Waals surface area contributed by atoms with Crippen molar-refractivity contribution in [1.82, 2.24) is 0 Å². The van der Waals surface area contributed by atoms with Gasteiger partial charge in [0.1, 0.15) is 12.7 Å². The van der Waals surface area contributed by atoms with Crippen molar-refractivity contribution < 1.29 is 19.1 Å². The van der Waals surface area contributed by atoms with Gasteiger partial charge in [-0.25, -0.2) is 0 Å². The van der Waals surface area contributed by atoms with Gasteiger partial charge in [0.2, 0.25) is 0 Å². The molecule has 5 aliphatic carbocycles. The summed E-state index contributed by atoms with van der Waals surface area (Å²) in [5.74, 6) is 1.52. The average Bonchev–Trinajstić information content (AvgIpc) is 3.23. The molecule has 0 saturated heterocycles. The van der Waals surface area contributed by atoms with E-state index in [-0.39, 0.29) is 50.5 Å². The molecule has 0 aromatic rings. The molecular weight excluding hydrogens is 484 g/mol. The van der Waals surface area contributed by atoms with Crippen molar-refractivity contribution in [3.05, 3.63) is 11.1 Å². The van der Waals surface area contributed by atoms with Crippen molar-refractivity contribution in [2.45, 2.75) is 140 Å². The summed E-state index contributed by atoms with van der Waals surface area (Å²) in [7, 11) is 0. The van der Waals surface area contributed by atoms with E-state index in [1.54, 1.807) is 25.0 Å². The van der Waals surface area contributed by atoms with E-state index < -0.39 is 0 Å². The first-order valence-electron chi connectivity index (χ1n) is 16.0. The van der Waals surface area contributed by atoms with Gasteiger partial charge in [0.25, 0.3) is 0 Å². The van der Waals surface area contributed by atoms with Gasteiger partial charge in [0, 0.05) is 24.7 Å². The van der Waals surface area contributed by atoms with Gasteiger partial charge in [-0.2, -0.15) is 0 Å². The maximum absolute atomic E-state index is 12.0. The monoisotopic (exact) mass is 540 g/mol. The van der Waals surface area contributed by atoms with Gasteiger partial charge in [0.15, 0.2) is 0 Å². The van der Waals surface area contributed by atoms with Gasteiger partial charge >= 0.3 is 11.9 Å². The molecule has 0 radical (unpaired) electrons. The molecule has 5 aliphatic rings. The summed E-state index contributed by atoms with van der Waals surface area (Å²) in [4.78, 5) is 24.0. The lowest BCUT2D eigenvalue weighted by atomic mass is 9.29. The Morgan fingerprint density at radius 2 is 1.46 bits per heavy atom. The molecule has 8 unspecified atom stereocenters. The predicted molar refractivity (Wildman–Crippen MR) is 156 cm³/mol. The Morgan fingerprint density at radius 3 is 2.08 bits per heavy atom. The molecule has 0 aromatic heterocycles. The van der Waals surface area contributed by atoms with Crippen molar-refractivity contribution in [2.75, 3.05) is 6.61 Å². The number of carbonyl (C=O) groups excluding carboxylic acids is 2. The molecule has 8 atom stereocenters. The third-order valence-corrected chi connectivity index (χ3v) is 14.7. The lowest BCUT2D eigenvalue weighted by Crippen LogP contribution is -2.69. The van der Waals surface area contributed by atoms with Gasteiger partial charge in [-0.1, -0.05) is 66.5 Å². The topological polar surface area (TPSA) is 52.6 Å². The average molecular weight is 541 g/mol. The molecule has 0 aromatic carbocycles. The summed E-state index contributed by atoms with van der Waals surface area (Å²) in [6.45, 7) is 23.7. The number of rotatable bonds is 4. The Hall–Kier alpha value is -1.32. The van der Waals surface area contributed by atoms with E-state index in [4.69, 9.17) is 9.47 Å². The molecule has 0 heterocycles. The highest BCUT2D eigenvalue weighted by molar-refractivity contribution is 5.66. The number of fused-ring (bicyclic) bond motifs is 7. The third-order valence-electron chi connectivity index (χ3n) is 14.7. The molecule has 0 bridgehead atoms. The molecule has 4 fully saturated rings. The van der Waals surface area contributed by atoms with Crippen molar-refractivity contribution in [3.8, 4) is 0 Å². The fourth-order valence-electron chi connectivity index (χ4n) is 11.8. The van der Waals surface area contributed by atoms with Crippen LogP contribution in [0.25, 0.3) is 0 Å². The maximum atomic E-state index is 12.0. The van der Waals surface area contributed by atoms with Gasteiger partial charge in [-0.3, -0.25) is 9.59 Å². The molecule has 0 aliphatic heterocycles. The van der Waals surface area contributed by atoms with Crippen LogP contribution in [0, 0.1) is 50.2 Å². The molecule has 39 heavy (non-hydrogen) atoms. The van der Waals surface area contributed by atoms with E-state index in [0.717, 1.165) is 25.7 Å². The van der Waals surface area contributed by atoms with Crippen LogP contribution in [-0.2, 0) is 19.1 Å². The SMILES string of the molecule is CC(=O)OCC12CCC(C(C)C)=C1C1CCC3C(C)(CCC4(C)C(C)(C)C(OC(C)=O)CCC34C)C1(C)CC2. The van der Waals surface area contributed by atoms with E-state index in [2.05, 4.69) is 55.4 Å². The highest BCUT2D eigenvalue weighted by Gasteiger charge is 2.73. The molecule has 220 valence electrons. The zero-order valence-corrected chi connectivity index (χ0v) is 26.7. The van der Waals surface area contributed by atoms with E-state index in [0.29, 0.717) is 24.4 Å². The summed E-state index contributed by atoms with van der Waals surface area (Å²) in [5.41, 5.74) is 4.22. The van der Waals surface area contributed by atoms with Crippen molar-refractivity contribution in [3.63, 3.8) is 0 Å². The molecule has 0 spiro atoms. The van der Waals surface area contributed by atoms with Gasteiger partial charge in [0.05, 0.1) is 0 Å². The summed E-state index contributed by atoms with van der Waals surface area (Å²) in [6, 6.07) is 0. The van der Waals surface area contributed by atoms with Crippen LogP contribution in [0.3, 0.4) is 0 Å². The van der Waals surface area contributed by atoms with Gasteiger partial charge in [-0.05, 0) is 104 Å². The lowest BCUT2D eigenvalue weighted by Gasteiger charge is -2.75. The van der Waals surface area contributed by atoms with Crippen molar-refractivity contribution >= 4 is 11.9 Å². The molecule has 4 heteroatoms. The highest BCUT2D eigenvalue weighted by Crippen LogP contribution is 2.79. The van der Waals surface area contributed by atoms with Crippen molar-refractivity contribution in [2.24, 2.45) is 50.2 Å². The predicted octanol–water partition coefficient (Wildman–Crippen LogP) is 8.67. The number of hydrogen-bond donors (Lipinski definition) is 0. The first-order valence-corrected chi connectivity index (χ1v) is 16.0. The maximum Gasteiger partial charge on any atom is 0.302 e. The van der Waals surface area contributed by atoms with Crippen LogP contribution >= 0.6 is 0 Å². The van der Waals surface area contributed by atoms with Crippen LogP contribution in [0.1, 0.15) is 133 Å². The van der Waals surface area contributed by atoms with Gasteiger partial charge < -0.3 is 9.47 Å². The van der Waals surface area contributed by atoms with Crippen molar-refractivity contribution in [1.29, 1.82) is 0 Å². The quantitative estimate of drug-likeness (QED) is 0.264. The van der Waals surface area contributed by atoms with Crippen LogP contribution in [0.5, 0.6) is 0 Å². The van der Waals surface area contributed by atoms with E-state index in [9.17, 15) is 9.59 Å². The molecule has 0 N–H and O–H groups in total. The summed E-state index contributed by atoms with van der Waals surface area (Å²) in [5, 5.41) is 0. The highest BCUT2D eigenvalue weighted by atomic mass is 16.5. The molecular formula is C35H56O4. The first kappa shape index (κ1) is 29.2. The van der Waals surface area contributed by atoms with Crippen LogP contribution in [0.2, 0.25) is 0 Å². The zero-order chi connectivity index (χ0) is 28.8. The van der Waals surface area contributed by atoms with Crippen LogP contribution < -0.4 is 0 Å². The van der Waals surface area contributed by atoms with Crippen LogP contribution in [-0.4, -0.2) is 24.6 Å². The van der Waals surface area contributed by atoms with E-state index in [1.165, 1.54) is 38.5 Å². The molecule has 0 amide bonds. The minimum Gasteiger partial charge on any atom is -0.465 e. The normalized spacial score (nSPS) is 46.6. The number of esters is 2. The number of hydrogen-bond acceptors (Lipinski definition) is 4. The molecule has 4 saturated carbocycles. The number of allylic oxidation sites excluding steroid dienone is 1. The number of ether oxygens (including phenoxy) is 2. The standard InChI is InChI=1S/C35H56O4/c1-22(2)25-13-16-35(21-38-23(3)36)20-18-31(7)26(29(25)35)11-12-27-32(31,8)17-19-34(10)30(5,6)28(39-24(4)37)14-15-33(27,34)9/h22,26-28H,11-21H2,1-10H3. The summed E-state index contributed by atoms with van der Waals surface area (Å²) >= 11 is 0. The minimum atomic E-state index is -0.141. The Labute approximate surface area is 238 Å². The Balaban J connectivity index is 1.55. The summed E-state index contributed by atoms with van der Waals surface area (Å²) < 4.78 is 11.8. The van der Waals surface area contributed by atoms with Crippen LogP contribution in [0.4, 0.5) is 0 Å². The minimum absolute atomic E-state index is 0.00169. The summed E-state index contributed by atoms with van der Waals surface area (Å²) in [6.07, 6.45) is 11.8. The Morgan fingerprint density at radius 1 is 0.795 bits per heavy atom. The second-order valence-corrected chi connectivity index (χ2v) is 16.3. The second-order valence-electron chi connectivity index (χ2n) is 16.3. The zero-order valence-electron chi connectivity index (χ0n) is 26.7. The molecule has 5 rings (SSSR count). The largest absolute Gasteiger partial charge is 0.465 e. The van der Waals surface area contributed by atoms with E-state index in [1.807, 2.05) is 0 Å². The smallest absolute Gasteiger partial charge is 0.302 e. The Bertz CT molecular complexity index is 1070. The molecule has 4 nitrogen and oxygen atoms in total. The second kappa shape index (κ2) is 9.09. The van der Waals surface area contributed by atoms with E-state index >= 15 is 0 Å². The number of carbonyl (C=O) groups is 2. The fourth-order valence-corrected chi connectivity index (χ4v) is 11.8. The fraction of sp³-hybridized carbons (Fsp3) is 0.886. The van der Waals surface area contributed by atoms with Crippen LogP contribution in [0.15, 0.2) is 11.1 Å².